The number of carbonyl (C=O) groups excluding carboxylic acids is 1. The van der Waals surface area contributed by atoms with Gasteiger partial charge in [-0.2, -0.15) is 0 Å². The van der Waals surface area contributed by atoms with Gasteiger partial charge in [-0.05, 0) is 31.9 Å². The summed E-state index contributed by atoms with van der Waals surface area (Å²) >= 11 is 1.52. The number of amides is 1. The highest BCUT2D eigenvalue weighted by Gasteiger charge is 2.20. The van der Waals surface area contributed by atoms with Crippen molar-refractivity contribution in [2.24, 2.45) is 0 Å². The average Bonchev–Trinajstić information content (AvgIpc) is 2.65. The Morgan fingerprint density at radius 3 is 2.93 bits per heavy atom. The zero-order chi connectivity index (χ0) is 9.97. The second-order valence-corrected chi connectivity index (χ2v) is 4.65. The lowest BCUT2D eigenvalue weighted by molar-refractivity contribution is -0.143. The number of carbonyl (C=O) groups is 1. The Balaban J connectivity index is 2.07. The maximum Gasteiger partial charge on any atom is 0.287 e. The molecule has 1 aliphatic heterocycles. The van der Waals surface area contributed by atoms with Crippen LogP contribution in [0.1, 0.15) is 27.4 Å². The second-order valence-electron chi connectivity index (χ2n) is 3.36. The smallest absolute Gasteiger partial charge is 0.271 e. The van der Waals surface area contributed by atoms with E-state index in [0.717, 1.165) is 29.1 Å². The van der Waals surface area contributed by atoms with Gasteiger partial charge in [0.15, 0.2) is 0 Å². The fourth-order valence-electron chi connectivity index (χ4n) is 1.43. The number of hydrogen-bond donors (Lipinski definition) is 0. The molecule has 0 bridgehead atoms. The van der Waals surface area contributed by atoms with Crippen LogP contribution in [0.25, 0.3) is 0 Å². The predicted molar refractivity (Wildman–Crippen MR) is 55.3 cm³/mol. The summed E-state index contributed by atoms with van der Waals surface area (Å²) in [6.45, 7) is 3.38. The molecule has 0 radical (unpaired) electrons. The SMILES string of the molecule is Cc1ccc(C(=O)N2CCCCO2)s1. The lowest BCUT2D eigenvalue weighted by Crippen LogP contribution is -2.35. The number of hydroxylamine groups is 2. The summed E-state index contributed by atoms with van der Waals surface area (Å²) in [6, 6.07) is 3.82. The third kappa shape index (κ3) is 1.96. The molecule has 0 unspecified atom stereocenters. The number of thiophene rings is 1. The summed E-state index contributed by atoms with van der Waals surface area (Å²) in [5, 5.41) is 1.48. The highest BCUT2D eigenvalue weighted by molar-refractivity contribution is 7.13. The molecule has 1 aliphatic rings. The molecule has 1 fully saturated rings. The zero-order valence-electron chi connectivity index (χ0n) is 8.16. The van der Waals surface area contributed by atoms with Crippen LogP contribution in [-0.4, -0.2) is 24.1 Å². The van der Waals surface area contributed by atoms with E-state index >= 15 is 0 Å². The van der Waals surface area contributed by atoms with E-state index in [1.165, 1.54) is 16.4 Å². The minimum absolute atomic E-state index is 0.00259. The normalized spacial score (nSPS) is 17.1. The van der Waals surface area contributed by atoms with Crippen molar-refractivity contribution in [3.05, 3.63) is 21.9 Å². The molecule has 14 heavy (non-hydrogen) atoms. The summed E-state index contributed by atoms with van der Waals surface area (Å²) in [6.07, 6.45) is 2.09. The van der Waals surface area contributed by atoms with E-state index in [2.05, 4.69) is 0 Å². The van der Waals surface area contributed by atoms with Crippen LogP contribution >= 0.6 is 11.3 Å². The van der Waals surface area contributed by atoms with Gasteiger partial charge >= 0.3 is 0 Å². The molecule has 0 N–H and O–H groups in total. The molecule has 1 aromatic rings. The van der Waals surface area contributed by atoms with Gasteiger partial charge in [0.25, 0.3) is 5.91 Å². The van der Waals surface area contributed by atoms with E-state index < -0.39 is 0 Å². The minimum atomic E-state index is 0.00259. The first-order valence-corrected chi connectivity index (χ1v) is 5.60. The Morgan fingerprint density at radius 1 is 1.50 bits per heavy atom. The quantitative estimate of drug-likeness (QED) is 0.713. The predicted octanol–water partition coefficient (Wildman–Crippen LogP) is 2.22. The lowest BCUT2D eigenvalue weighted by Gasteiger charge is -2.25. The maximum absolute atomic E-state index is 11.8. The van der Waals surface area contributed by atoms with Crippen molar-refractivity contribution in [1.82, 2.24) is 5.06 Å². The van der Waals surface area contributed by atoms with Crippen LogP contribution in [0.3, 0.4) is 0 Å². The largest absolute Gasteiger partial charge is 0.287 e. The zero-order valence-corrected chi connectivity index (χ0v) is 8.97. The van der Waals surface area contributed by atoms with E-state index in [1.807, 2.05) is 19.1 Å². The number of hydrogen-bond acceptors (Lipinski definition) is 3. The van der Waals surface area contributed by atoms with Crippen molar-refractivity contribution in [2.75, 3.05) is 13.2 Å². The second kappa shape index (κ2) is 4.11. The van der Waals surface area contributed by atoms with E-state index in [9.17, 15) is 4.79 Å². The van der Waals surface area contributed by atoms with Gasteiger partial charge in [0.05, 0.1) is 11.5 Å². The maximum atomic E-state index is 11.8. The topological polar surface area (TPSA) is 29.5 Å². The molecule has 4 heteroatoms. The minimum Gasteiger partial charge on any atom is -0.271 e. The Bertz CT molecular complexity index is 329. The van der Waals surface area contributed by atoms with E-state index in [1.54, 1.807) is 0 Å². The van der Waals surface area contributed by atoms with Crippen LogP contribution in [0, 0.1) is 6.92 Å². The molecular weight excluding hydrogens is 198 g/mol. The number of rotatable bonds is 1. The summed E-state index contributed by atoms with van der Waals surface area (Å²) in [4.78, 5) is 19.0. The molecule has 1 amide bonds. The van der Waals surface area contributed by atoms with Crippen LogP contribution < -0.4 is 0 Å². The van der Waals surface area contributed by atoms with Crippen LogP contribution in [0.15, 0.2) is 12.1 Å². The molecule has 0 aromatic carbocycles. The van der Waals surface area contributed by atoms with Crippen molar-refractivity contribution < 1.29 is 9.63 Å². The van der Waals surface area contributed by atoms with Gasteiger partial charge in [-0.3, -0.25) is 9.63 Å². The first-order valence-electron chi connectivity index (χ1n) is 4.78. The number of aryl methyl sites for hydroxylation is 1. The van der Waals surface area contributed by atoms with Gasteiger partial charge in [0.1, 0.15) is 0 Å². The Morgan fingerprint density at radius 2 is 2.36 bits per heavy atom. The molecule has 0 aliphatic carbocycles. The van der Waals surface area contributed by atoms with Crippen molar-refractivity contribution in [1.29, 1.82) is 0 Å². The lowest BCUT2D eigenvalue weighted by atomic mass is 10.3. The Kier molecular flexibility index (Phi) is 2.84. The first-order chi connectivity index (χ1) is 6.77. The van der Waals surface area contributed by atoms with Crippen molar-refractivity contribution >= 4 is 17.2 Å². The van der Waals surface area contributed by atoms with Gasteiger partial charge in [-0.1, -0.05) is 0 Å². The molecule has 0 spiro atoms. The van der Waals surface area contributed by atoms with Gasteiger partial charge in [-0.15, -0.1) is 11.3 Å². The van der Waals surface area contributed by atoms with E-state index in [0.29, 0.717) is 6.61 Å². The Labute approximate surface area is 87.2 Å². The van der Waals surface area contributed by atoms with Crippen molar-refractivity contribution in [3.8, 4) is 0 Å². The fourth-order valence-corrected chi connectivity index (χ4v) is 2.24. The monoisotopic (exact) mass is 211 g/mol. The third-order valence-corrected chi connectivity index (χ3v) is 3.17. The van der Waals surface area contributed by atoms with Crippen molar-refractivity contribution in [2.45, 2.75) is 19.8 Å². The van der Waals surface area contributed by atoms with Gasteiger partial charge in [0, 0.05) is 11.4 Å². The molecule has 1 saturated heterocycles. The highest BCUT2D eigenvalue weighted by Crippen LogP contribution is 2.19. The Hall–Kier alpha value is -0.870. The molecule has 2 heterocycles. The summed E-state index contributed by atoms with van der Waals surface area (Å²) < 4.78 is 0. The number of nitrogens with zero attached hydrogens (tertiary/aromatic N) is 1. The molecule has 3 nitrogen and oxygen atoms in total. The van der Waals surface area contributed by atoms with Gasteiger partial charge in [-0.25, -0.2) is 5.06 Å². The summed E-state index contributed by atoms with van der Waals surface area (Å²) in [7, 11) is 0. The molecule has 0 atom stereocenters. The molecule has 76 valence electrons. The van der Waals surface area contributed by atoms with Crippen LogP contribution in [0.2, 0.25) is 0 Å². The van der Waals surface area contributed by atoms with Gasteiger partial charge < -0.3 is 0 Å². The van der Waals surface area contributed by atoms with Crippen LogP contribution in [0.5, 0.6) is 0 Å². The average molecular weight is 211 g/mol. The molecule has 2 rings (SSSR count). The summed E-state index contributed by atoms with van der Waals surface area (Å²) in [5.74, 6) is 0.00259. The molecule has 1 aromatic heterocycles. The molecular formula is C10H13NO2S. The standard InChI is InChI=1S/C10H13NO2S/c1-8-4-5-9(14-8)10(12)11-6-2-3-7-13-11/h4-5H,2-3,6-7H2,1H3. The summed E-state index contributed by atoms with van der Waals surface area (Å²) in [5.41, 5.74) is 0. The van der Waals surface area contributed by atoms with Crippen molar-refractivity contribution in [3.63, 3.8) is 0 Å². The van der Waals surface area contributed by atoms with Gasteiger partial charge in [0.2, 0.25) is 0 Å². The molecule has 0 saturated carbocycles. The highest BCUT2D eigenvalue weighted by atomic mass is 32.1. The first kappa shape index (κ1) is 9.68. The van der Waals surface area contributed by atoms with E-state index in [4.69, 9.17) is 4.84 Å². The van der Waals surface area contributed by atoms with Crippen LogP contribution in [-0.2, 0) is 4.84 Å². The van der Waals surface area contributed by atoms with E-state index in [-0.39, 0.29) is 5.91 Å². The fraction of sp³-hybridized carbons (Fsp3) is 0.500. The third-order valence-electron chi connectivity index (χ3n) is 2.18. The van der Waals surface area contributed by atoms with Crippen LogP contribution in [0.4, 0.5) is 0 Å².